The van der Waals surface area contributed by atoms with Crippen LogP contribution in [0.25, 0.3) is 0 Å². The van der Waals surface area contributed by atoms with Crippen LogP contribution >= 0.6 is 11.6 Å². The fraction of sp³-hybridized carbons (Fsp3) is 0.385. The van der Waals surface area contributed by atoms with Gasteiger partial charge >= 0.3 is 0 Å². The molecule has 0 saturated carbocycles. The summed E-state index contributed by atoms with van der Waals surface area (Å²) < 4.78 is 0. The molecule has 1 amide bonds. The summed E-state index contributed by atoms with van der Waals surface area (Å²) in [7, 11) is 0. The quantitative estimate of drug-likeness (QED) is 0.774. The van der Waals surface area contributed by atoms with Crippen LogP contribution in [0.3, 0.4) is 0 Å². The molecule has 0 N–H and O–H groups in total. The molecule has 0 spiro atoms. The van der Waals surface area contributed by atoms with Gasteiger partial charge in [-0.1, -0.05) is 23.7 Å². The van der Waals surface area contributed by atoms with Gasteiger partial charge in [-0.25, -0.2) is 0 Å². The minimum atomic E-state index is -0.199. The van der Waals surface area contributed by atoms with Crippen LogP contribution in [0, 0.1) is 18.3 Å². The molecule has 4 heteroatoms. The Hall–Kier alpha value is -1.53. The zero-order valence-corrected chi connectivity index (χ0v) is 11.0. The molecule has 1 rings (SSSR count). The molecule has 1 aromatic carbocycles. The Morgan fingerprint density at radius 1 is 1.53 bits per heavy atom. The second-order valence-electron chi connectivity index (χ2n) is 4.12. The first-order chi connectivity index (χ1) is 7.99. The summed E-state index contributed by atoms with van der Waals surface area (Å²) in [5.74, 6) is -0.199. The summed E-state index contributed by atoms with van der Waals surface area (Å²) in [4.78, 5) is 13.7. The molecule has 0 aromatic heterocycles. The standard InChI is InChI=1S/C13H15ClN2O/c1-9(2)16(8-7-15)13(17)11-6-4-5-10(3)12(11)14/h4-6,9H,8H2,1-3H3. The highest BCUT2D eigenvalue weighted by molar-refractivity contribution is 6.34. The molecule has 0 unspecified atom stereocenters. The maximum atomic E-state index is 12.2. The third-order valence-corrected chi connectivity index (χ3v) is 3.05. The molecular formula is C13H15ClN2O. The normalized spacial score (nSPS) is 10.1. The van der Waals surface area contributed by atoms with Gasteiger partial charge in [-0.15, -0.1) is 0 Å². The van der Waals surface area contributed by atoms with E-state index >= 15 is 0 Å². The van der Waals surface area contributed by atoms with Gasteiger partial charge in [-0.2, -0.15) is 5.26 Å². The monoisotopic (exact) mass is 250 g/mol. The SMILES string of the molecule is Cc1cccc(C(=O)N(CC#N)C(C)C)c1Cl. The zero-order chi connectivity index (χ0) is 13.0. The van der Waals surface area contributed by atoms with E-state index in [1.165, 1.54) is 4.90 Å². The largest absolute Gasteiger partial charge is 0.323 e. The van der Waals surface area contributed by atoms with Crippen molar-refractivity contribution in [3.05, 3.63) is 34.3 Å². The molecule has 0 saturated heterocycles. The predicted octanol–water partition coefficient (Wildman–Crippen LogP) is 3.02. The smallest absolute Gasteiger partial charge is 0.256 e. The van der Waals surface area contributed by atoms with E-state index in [-0.39, 0.29) is 18.5 Å². The van der Waals surface area contributed by atoms with Gasteiger partial charge in [-0.3, -0.25) is 4.79 Å². The van der Waals surface area contributed by atoms with E-state index in [1.54, 1.807) is 12.1 Å². The number of benzene rings is 1. The molecule has 0 aliphatic heterocycles. The Kier molecular flexibility index (Phi) is 4.53. The summed E-state index contributed by atoms with van der Waals surface area (Å²) in [6.45, 7) is 5.67. The van der Waals surface area contributed by atoms with Gasteiger partial charge in [0.1, 0.15) is 6.54 Å². The lowest BCUT2D eigenvalue weighted by Gasteiger charge is -2.24. The Bertz CT molecular complexity index is 463. The summed E-state index contributed by atoms with van der Waals surface area (Å²) in [6.07, 6.45) is 0. The molecule has 0 aliphatic rings. The molecule has 1 aromatic rings. The number of nitriles is 1. The lowest BCUT2D eigenvalue weighted by Crippen LogP contribution is -2.37. The minimum Gasteiger partial charge on any atom is -0.323 e. The van der Waals surface area contributed by atoms with Crippen molar-refractivity contribution in [1.29, 1.82) is 5.26 Å². The maximum Gasteiger partial charge on any atom is 0.256 e. The van der Waals surface area contributed by atoms with Crippen LogP contribution < -0.4 is 0 Å². The predicted molar refractivity (Wildman–Crippen MR) is 68.0 cm³/mol. The fourth-order valence-corrected chi connectivity index (χ4v) is 1.74. The highest BCUT2D eigenvalue weighted by Crippen LogP contribution is 2.22. The van der Waals surface area contributed by atoms with Crippen LogP contribution in [0.1, 0.15) is 29.8 Å². The van der Waals surface area contributed by atoms with Crippen molar-refractivity contribution in [2.45, 2.75) is 26.8 Å². The number of hydrogen-bond acceptors (Lipinski definition) is 2. The molecule has 0 fully saturated rings. The number of hydrogen-bond donors (Lipinski definition) is 0. The van der Waals surface area contributed by atoms with Crippen LogP contribution in [0.2, 0.25) is 5.02 Å². The molecular weight excluding hydrogens is 236 g/mol. The Labute approximate surface area is 107 Å². The average molecular weight is 251 g/mol. The lowest BCUT2D eigenvalue weighted by molar-refractivity contribution is 0.0731. The van der Waals surface area contributed by atoms with E-state index in [2.05, 4.69) is 0 Å². The summed E-state index contributed by atoms with van der Waals surface area (Å²) in [5, 5.41) is 9.19. The lowest BCUT2D eigenvalue weighted by atomic mass is 10.1. The minimum absolute atomic E-state index is 0.0290. The molecule has 17 heavy (non-hydrogen) atoms. The fourth-order valence-electron chi connectivity index (χ4n) is 1.53. The van der Waals surface area contributed by atoms with Gasteiger partial charge in [0.05, 0.1) is 16.7 Å². The van der Waals surface area contributed by atoms with E-state index in [0.717, 1.165) is 5.56 Å². The molecule has 0 aliphatic carbocycles. The topological polar surface area (TPSA) is 44.1 Å². The first-order valence-electron chi connectivity index (χ1n) is 5.42. The van der Waals surface area contributed by atoms with Crippen LogP contribution in [-0.2, 0) is 0 Å². The highest BCUT2D eigenvalue weighted by Gasteiger charge is 2.20. The Morgan fingerprint density at radius 3 is 2.71 bits per heavy atom. The van der Waals surface area contributed by atoms with E-state index in [0.29, 0.717) is 10.6 Å². The van der Waals surface area contributed by atoms with Gasteiger partial charge in [0.25, 0.3) is 5.91 Å². The van der Waals surface area contributed by atoms with Crippen molar-refractivity contribution in [3.8, 4) is 6.07 Å². The second-order valence-corrected chi connectivity index (χ2v) is 4.50. The van der Waals surface area contributed by atoms with E-state index in [1.807, 2.05) is 32.9 Å². The number of aryl methyl sites for hydroxylation is 1. The van der Waals surface area contributed by atoms with Crippen molar-refractivity contribution < 1.29 is 4.79 Å². The number of amides is 1. The maximum absolute atomic E-state index is 12.2. The summed E-state index contributed by atoms with van der Waals surface area (Å²) in [6, 6.07) is 7.29. The van der Waals surface area contributed by atoms with Gasteiger partial charge in [0, 0.05) is 6.04 Å². The zero-order valence-electron chi connectivity index (χ0n) is 10.2. The Balaban J connectivity index is 3.11. The highest BCUT2D eigenvalue weighted by atomic mass is 35.5. The molecule has 0 heterocycles. The first-order valence-corrected chi connectivity index (χ1v) is 5.79. The Morgan fingerprint density at radius 2 is 2.18 bits per heavy atom. The van der Waals surface area contributed by atoms with E-state index in [9.17, 15) is 4.79 Å². The van der Waals surface area contributed by atoms with Crippen molar-refractivity contribution in [2.75, 3.05) is 6.54 Å². The van der Waals surface area contributed by atoms with E-state index < -0.39 is 0 Å². The number of halogens is 1. The summed E-state index contributed by atoms with van der Waals surface area (Å²) in [5.41, 5.74) is 1.31. The average Bonchev–Trinajstić information content (AvgIpc) is 2.28. The number of carbonyl (C=O) groups excluding carboxylic acids is 1. The van der Waals surface area contributed by atoms with Gasteiger partial charge in [0.2, 0.25) is 0 Å². The molecule has 3 nitrogen and oxygen atoms in total. The van der Waals surface area contributed by atoms with Crippen LogP contribution in [-0.4, -0.2) is 23.4 Å². The summed E-state index contributed by atoms with van der Waals surface area (Å²) >= 11 is 6.11. The van der Waals surface area contributed by atoms with Crippen molar-refractivity contribution in [1.82, 2.24) is 4.90 Å². The van der Waals surface area contributed by atoms with E-state index in [4.69, 9.17) is 16.9 Å². The third-order valence-electron chi connectivity index (χ3n) is 2.55. The number of carbonyl (C=O) groups is 1. The number of rotatable bonds is 3. The molecule has 0 bridgehead atoms. The van der Waals surface area contributed by atoms with Gasteiger partial charge in [-0.05, 0) is 32.4 Å². The number of nitrogens with zero attached hydrogens (tertiary/aromatic N) is 2. The molecule has 0 radical (unpaired) electrons. The third kappa shape index (κ3) is 2.98. The van der Waals surface area contributed by atoms with Crippen molar-refractivity contribution in [3.63, 3.8) is 0 Å². The van der Waals surface area contributed by atoms with Gasteiger partial charge < -0.3 is 4.90 Å². The molecule has 0 atom stereocenters. The van der Waals surface area contributed by atoms with Crippen LogP contribution in [0.15, 0.2) is 18.2 Å². The van der Waals surface area contributed by atoms with Crippen molar-refractivity contribution in [2.24, 2.45) is 0 Å². The molecule has 90 valence electrons. The van der Waals surface area contributed by atoms with Crippen molar-refractivity contribution >= 4 is 17.5 Å². The van der Waals surface area contributed by atoms with Crippen LogP contribution in [0.5, 0.6) is 0 Å². The second kappa shape index (κ2) is 5.70. The van der Waals surface area contributed by atoms with Crippen LogP contribution in [0.4, 0.5) is 0 Å². The first kappa shape index (κ1) is 13.5. The van der Waals surface area contributed by atoms with Gasteiger partial charge in [0.15, 0.2) is 0 Å².